The normalized spacial score (nSPS) is 16.5. The summed E-state index contributed by atoms with van der Waals surface area (Å²) in [5, 5.41) is 3.31. The lowest BCUT2D eigenvalue weighted by atomic mass is 9.98. The third-order valence-electron chi connectivity index (χ3n) is 2.60. The van der Waals surface area contributed by atoms with Crippen LogP contribution in [0.2, 0.25) is 0 Å². The van der Waals surface area contributed by atoms with Crippen LogP contribution in [0.1, 0.15) is 17.5 Å². The molecule has 0 spiro atoms. The molecule has 1 aromatic carbocycles. The first-order chi connectivity index (χ1) is 6.90. The lowest BCUT2D eigenvalue weighted by Gasteiger charge is -2.14. The Labute approximate surface area is 84.8 Å². The van der Waals surface area contributed by atoms with Gasteiger partial charge in [0.25, 0.3) is 0 Å². The Balaban J connectivity index is 2.26. The molecule has 3 N–H and O–H groups in total. The van der Waals surface area contributed by atoms with Crippen molar-refractivity contribution in [2.45, 2.75) is 13.0 Å². The molecule has 2 rings (SSSR count). The molecule has 2 heteroatoms. The van der Waals surface area contributed by atoms with Crippen LogP contribution in [0.15, 0.2) is 30.3 Å². The highest BCUT2D eigenvalue weighted by atomic mass is 14.8. The molecule has 1 aliphatic heterocycles. The lowest BCUT2D eigenvalue weighted by Crippen LogP contribution is -2.20. The predicted octanol–water partition coefficient (Wildman–Crippen LogP) is 1.52. The second kappa shape index (κ2) is 4.40. The van der Waals surface area contributed by atoms with Gasteiger partial charge in [0.2, 0.25) is 0 Å². The summed E-state index contributed by atoms with van der Waals surface area (Å²) in [4.78, 5) is 0. The molecule has 0 atom stereocenters. The van der Waals surface area contributed by atoms with Gasteiger partial charge in [0.15, 0.2) is 0 Å². The maximum absolute atomic E-state index is 5.62. The molecule has 0 radical (unpaired) electrons. The van der Waals surface area contributed by atoms with E-state index in [1.807, 2.05) is 0 Å². The minimum atomic E-state index is 0.624. The SMILES string of the molecule is NCc1cccc(C2=CCNCC2)c1. The largest absolute Gasteiger partial charge is 0.326 e. The second-order valence-electron chi connectivity index (χ2n) is 3.59. The van der Waals surface area contributed by atoms with E-state index in [4.69, 9.17) is 5.73 Å². The first kappa shape index (κ1) is 9.44. The summed E-state index contributed by atoms with van der Waals surface area (Å²) in [6.45, 7) is 2.69. The Hall–Kier alpha value is -1.12. The fourth-order valence-electron chi connectivity index (χ4n) is 1.78. The molecule has 0 saturated heterocycles. The molecule has 0 bridgehead atoms. The molecule has 0 unspecified atom stereocenters. The van der Waals surface area contributed by atoms with Crippen LogP contribution in [-0.2, 0) is 6.54 Å². The Morgan fingerprint density at radius 1 is 1.36 bits per heavy atom. The minimum absolute atomic E-state index is 0.624. The average molecular weight is 188 g/mol. The van der Waals surface area contributed by atoms with Gasteiger partial charge in [0.1, 0.15) is 0 Å². The van der Waals surface area contributed by atoms with Gasteiger partial charge in [0, 0.05) is 13.1 Å². The fraction of sp³-hybridized carbons (Fsp3) is 0.333. The average Bonchev–Trinajstić information content (AvgIpc) is 2.30. The van der Waals surface area contributed by atoms with E-state index in [0.717, 1.165) is 19.5 Å². The maximum Gasteiger partial charge on any atom is 0.0178 e. The smallest absolute Gasteiger partial charge is 0.0178 e. The van der Waals surface area contributed by atoms with Crippen LogP contribution in [0, 0.1) is 0 Å². The molecular formula is C12H16N2. The van der Waals surface area contributed by atoms with Crippen molar-refractivity contribution in [1.82, 2.24) is 5.32 Å². The molecule has 1 aromatic rings. The quantitative estimate of drug-likeness (QED) is 0.738. The van der Waals surface area contributed by atoms with Crippen LogP contribution in [0.3, 0.4) is 0 Å². The van der Waals surface area contributed by atoms with E-state index >= 15 is 0 Å². The molecule has 0 aliphatic carbocycles. The zero-order valence-electron chi connectivity index (χ0n) is 8.29. The number of benzene rings is 1. The fourth-order valence-corrected chi connectivity index (χ4v) is 1.78. The highest BCUT2D eigenvalue weighted by Crippen LogP contribution is 2.20. The van der Waals surface area contributed by atoms with E-state index in [1.54, 1.807) is 0 Å². The summed E-state index contributed by atoms with van der Waals surface area (Å²) in [6.07, 6.45) is 3.38. The molecular weight excluding hydrogens is 172 g/mol. The summed E-state index contributed by atoms with van der Waals surface area (Å²) >= 11 is 0. The van der Waals surface area contributed by atoms with Crippen LogP contribution < -0.4 is 11.1 Å². The standard InChI is InChI=1S/C12H16N2/c13-9-10-2-1-3-12(8-10)11-4-6-14-7-5-11/h1-4,8,14H,5-7,9,13H2. The third-order valence-corrected chi connectivity index (χ3v) is 2.60. The predicted molar refractivity (Wildman–Crippen MR) is 59.8 cm³/mol. The number of rotatable bonds is 2. The maximum atomic E-state index is 5.62. The summed E-state index contributed by atoms with van der Waals surface area (Å²) in [6, 6.07) is 8.51. The summed E-state index contributed by atoms with van der Waals surface area (Å²) in [5.41, 5.74) is 9.60. The van der Waals surface area contributed by atoms with Crippen LogP contribution in [0.5, 0.6) is 0 Å². The molecule has 2 nitrogen and oxygen atoms in total. The van der Waals surface area contributed by atoms with Gasteiger partial charge in [-0.1, -0.05) is 30.3 Å². The van der Waals surface area contributed by atoms with E-state index in [1.165, 1.54) is 16.7 Å². The second-order valence-corrected chi connectivity index (χ2v) is 3.59. The van der Waals surface area contributed by atoms with Gasteiger partial charge >= 0.3 is 0 Å². The number of nitrogens with two attached hydrogens (primary N) is 1. The first-order valence-corrected chi connectivity index (χ1v) is 5.09. The van der Waals surface area contributed by atoms with Gasteiger partial charge in [-0.25, -0.2) is 0 Å². The Morgan fingerprint density at radius 2 is 2.29 bits per heavy atom. The minimum Gasteiger partial charge on any atom is -0.326 e. The van der Waals surface area contributed by atoms with Crippen molar-refractivity contribution in [3.63, 3.8) is 0 Å². The van der Waals surface area contributed by atoms with Crippen molar-refractivity contribution in [1.29, 1.82) is 0 Å². The Kier molecular flexibility index (Phi) is 2.96. The first-order valence-electron chi connectivity index (χ1n) is 5.09. The number of hydrogen-bond acceptors (Lipinski definition) is 2. The number of nitrogens with one attached hydrogen (secondary N) is 1. The summed E-state index contributed by atoms with van der Waals surface area (Å²) in [5.74, 6) is 0. The molecule has 0 amide bonds. The zero-order chi connectivity index (χ0) is 9.80. The van der Waals surface area contributed by atoms with Gasteiger partial charge in [-0.15, -0.1) is 0 Å². The molecule has 0 aromatic heterocycles. The van der Waals surface area contributed by atoms with Crippen molar-refractivity contribution in [2.75, 3.05) is 13.1 Å². The van der Waals surface area contributed by atoms with Crippen molar-refractivity contribution in [2.24, 2.45) is 5.73 Å². The zero-order valence-corrected chi connectivity index (χ0v) is 8.29. The monoisotopic (exact) mass is 188 g/mol. The highest BCUT2D eigenvalue weighted by molar-refractivity contribution is 5.67. The van der Waals surface area contributed by atoms with Gasteiger partial charge in [-0.3, -0.25) is 0 Å². The molecule has 1 aliphatic rings. The van der Waals surface area contributed by atoms with Gasteiger partial charge < -0.3 is 11.1 Å². The van der Waals surface area contributed by atoms with Crippen LogP contribution in [0.4, 0.5) is 0 Å². The number of hydrogen-bond donors (Lipinski definition) is 2. The third kappa shape index (κ3) is 2.03. The Bertz CT molecular complexity index is 342. The lowest BCUT2D eigenvalue weighted by molar-refractivity contribution is 0.738. The van der Waals surface area contributed by atoms with E-state index in [2.05, 4.69) is 35.7 Å². The van der Waals surface area contributed by atoms with E-state index in [0.29, 0.717) is 6.54 Å². The summed E-state index contributed by atoms with van der Waals surface area (Å²) in [7, 11) is 0. The summed E-state index contributed by atoms with van der Waals surface area (Å²) < 4.78 is 0. The van der Waals surface area contributed by atoms with Crippen molar-refractivity contribution in [3.8, 4) is 0 Å². The van der Waals surface area contributed by atoms with Crippen molar-refractivity contribution >= 4 is 5.57 Å². The topological polar surface area (TPSA) is 38.0 Å². The van der Waals surface area contributed by atoms with Gasteiger partial charge in [-0.05, 0) is 29.7 Å². The van der Waals surface area contributed by atoms with Crippen LogP contribution >= 0.6 is 0 Å². The molecule has 14 heavy (non-hydrogen) atoms. The van der Waals surface area contributed by atoms with E-state index in [9.17, 15) is 0 Å². The van der Waals surface area contributed by atoms with Crippen molar-refractivity contribution < 1.29 is 0 Å². The molecule has 74 valence electrons. The van der Waals surface area contributed by atoms with Gasteiger partial charge in [-0.2, -0.15) is 0 Å². The van der Waals surface area contributed by atoms with E-state index in [-0.39, 0.29) is 0 Å². The van der Waals surface area contributed by atoms with Crippen molar-refractivity contribution in [3.05, 3.63) is 41.5 Å². The van der Waals surface area contributed by atoms with Crippen LogP contribution in [0.25, 0.3) is 5.57 Å². The highest BCUT2D eigenvalue weighted by Gasteiger charge is 2.05. The Morgan fingerprint density at radius 3 is 3.00 bits per heavy atom. The molecule has 0 fully saturated rings. The van der Waals surface area contributed by atoms with Crippen LogP contribution in [-0.4, -0.2) is 13.1 Å². The molecule has 1 heterocycles. The molecule has 0 saturated carbocycles. The van der Waals surface area contributed by atoms with Gasteiger partial charge in [0.05, 0.1) is 0 Å². The van der Waals surface area contributed by atoms with E-state index < -0.39 is 0 Å².